The van der Waals surface area contributed by atoms with Crippen LogP contribution >= 0.6 is 46.4 Å². The van der Waals surface area contributed by atoms with Crippen LogP contribution in [0.25, 0.3) is 46.6 Å². The summed E-state index contributed by atoms with van der Waals surface area (Å²) < 4.78 is 0. The summed E-state index contributed by atoms with van der Waals surface area (Å²) in [5.41, 5.74) is 11.4. The Morgan fingerprint density at radius 3 is 1.20 bits per heavy atom. The molecule has 0 amide bonds. The molecule has 0 fully saturated rings. The third-order valence-electron chi connectivity index (χ3n) is 11.5. The van der Waals surface area contributed by atoms with Crippen LogP contribution in [0.1, 0.15) is 50.1 Å². The molecule has 0 bridgehead atoms. The molecule has 1 atom stereocenters. The molecule has 0 saturated heterocycles. The van der Waals surface area contributed by atoms with E-state index in [2.05, 4.69) is 25.3 Å². The zero-order chi connectivity index (χ0) is 58.0. The number of nitriles is 2. The van der Waals surface area contributed by atoms with E-state index >= 15 is 0 Å². The third kappa shape index (κ3) is 22.6. The summed E-state index contributed by atoms with van der Waals surface area (Å²) in [5, 5.41) is 30.3. The van der Waals surface area contributed by atoms with Crippen LogP contribution in [0.4, 0.5) is 0 Å². The van der Waals surface area contributed by atoms with Gasteiger partial charge in [0.2, 0.25) is 0 Å². The average molecular weight is 1140 g/mol. The van der Waals surface area contributed by atoms with E-state index in [1.54, 1.807) is 24.3 Å². The lowest BCUT2D eigenvalue weighted by Gasteiger charge is -2.12. The molecule has 0 aliphatic carbocycles. The minimum absolute atomic E-state index is 0.0962. The Morgan fingerprint density at radius 2 is 0.815 bits per heavy atom. The van der Waals surface area contributed by atoms with Crippen LogP contribution in [0.2, 0.25) is 20.1 Å². The Kier molecular flexibility index (Phi) is 27.4. The van der Waals surface area contributed by atoms with Gasteiger partial charge in [0.05, 0.1) is 30.2 Å². The quantitative estimate of drug-likeness (QED) is 0.0384. The highest BCUT2D eigenvalue weighted by Gasteiger charge is 2.10. The highest BCUT2D eigenvalue weighted by molar-refractivity contribution is 6.32. The van der Waals surface area contributed by atoms with Gasteiger partial charge in [0.15, 0.2) is 12.1 Å². The van der Waals surface area contributed by atoms with E-state index in [0.29, 0.717) is 43.2 Å². The number of nitrogens with zero attached hydrogens (tertiary/aromatic N) is 2. The molecular formula is C72H56Cl4N2O3. The molecule has 1 unspecified atom stereocenters. The fourth-order valence-corrected chi connectivity index (χ4v) is 7.85. The topological polar surface area (TPSA) is 102 Å². The maximum Gasteiger partial charge on any atom is 0.185 e. The fraction of sp³-hybridized carbons (Fsp3) is 0.0278. The van der Waals surface area contributed by atoms with Gasteiger partial charge in [-0.1, -0.05) is 259 Å². The Balaban J connectivity index is 0.000000189. The number of carbonyl (C=O) groups is 2. The Bertz CT molecular complexity index is 3590. The van der Waals surface area contributed by atoms with Crippen molar-refractivity contribution >= 4 is 105 Å². The first-order chi connectivity index (χ1) is 39.4. The van der Waals surface area contributed by atoms with Crippen LogP contribution < -0.4 is 0 Å². The lowest BCUT2D eigenvalue weighted by molar-refractivity contribution is -0.109. The lowest BCUT2D eigenvalue weighted by Crippen LogP contribution is -2.05. The Morgan fingerprint density at radius 1 is 0.457 bits per heavy atom. The maximum absolute atomic E-state index is 12.0. The molecule has 400 valence electrons. The van der Waals surface area contributed by atoms with Crippen molar-refractivity contribution in [2.75, 3.05) is 0 Å². The van der Waals surface area contributed by atoms with Crippen LogP contribution in [0.5, 0.6) is 0 Å². The first kappa shape index (κ1) is 62.7. The number of aldehydes is 1. The molecule has 0 radical (unpaired) electrons. The highest BCUT2D eigenvalue weighted by atomic mass is 35.5. The molecule has 0 spiro atoms. The summed E-state index contributed by atoms with van der Waals surface area (Å²) in [6.45, 7) is 7.20. The maximum atomic E-state index is 12.0. The molecule has 5 nitrogen and oxygen atoms in total. The highest BCUT2D eigenvalue weighted by Crippen LogP contribution is 2.25. The van der Waals surface area contributed by atoms with Gasteiger partial charge in [-0.25, -0.2) is 0 Å². The Hall–Kier alpha value is -9.14. The fourth-order valence-electron chi connectivity index (χ4n) is 7.35. The first-order valence-electron chi connectivity index (χ1n) is 25.3. The summed E-state index contributed by atoms with van der Waals surface area (Å²) in [6.07, 6.45) is 11.0. The van der Waals surface area contributed by atoms with Crippen molar-refractivity contribution < 1.29 is 14.7 Å². The molecule has 0 heterocycles. The Labute approximate surface area is 495 Å². The van der Waals surface area contributed by atoms with Gasteiger partial charge >= 0.3 is 0 Å². The number of hydrogen-bond donors (Lipinski definition) is 1. The van der Waals surface area contributed by atoms with E-state index in [4.69, 9.17) is 56.9 Å². The van der Waals surface area contributed by atoms with Gasteiger partial charge in [0.25, 0.3) is 0 Å². The van der Waals surface area contributed by atoms with E-state index in [-0.39, 0.29) is 5.78 Å². The van der Waals surface area contributed by atoms with Crippen LogP contribution in [-0.4, -0.2) is 23.3 Å². The summed E-state index contributed by atoms with van der Waals surface area (Å²) in [4.78, 5) is 23.1. The molecule has 9 aromatic carbocycles. The van der Waals surface area contributed by atoms with Crippen LogP contribution in [0, 0.1) is 22.7 Å². The predicted molar refractivity (Wildman–Crippen MR) is 342 cm³/mol. The molecule has 81 heavy (non-hydrogen) atoms. The second-order valence-corrected chi connectivity index (χ2v) is 19.0. The lowest BCUT2D eigenvalue weighted by atomic mass is 9.98. The molecule has 0 aromatic heterocycles. The van der Waals surface area contributed by atoms with E-state index in [9.17, 15) is 14.7 Å². The number of ketones is 1. The SMILES string of the molecule is C=CC(=O)/C(=C\c1ccc(Cl)cc1)c1ccccc1.C=CC(O)/C(=C\c1ccc(Cl)cc1)c1ccccc1.N#C/C(=C\c1ccc(Cl)cc1)c1ccccc1.N#CCc1ccccc1.O=C/C(=C\c1ccc(Cl)cc1)c1ccccc1. The van der Waals surface area contributed by atoms with Gasteiger partial charge in [-0.3, -0.25) is 9.59 Å². The van der Waals surface area contributed by atoms with E-state index in [1.165, 1.54) is 12.2 Å². The van der Waals surface area contributed by atoms with Crippen LogP contribution in [-0.2, 0) is 16.0 Å². The third-order valence-corrected chi connectivity index (χ3v) is 12.5. The molecule has 0 saturated carbocycles. The molecule has 0 aliphatic heterocycles. The largest absolute Gasteiger partial charge is 0.384 e. The van der Waals surface area contributed by atoms with Crippen molar-refractivity contribution in [1.29, 1.82) is 10.5 Å². The second kappa shape index (κ2) is 35.4. The normalized spacial score (nSPS) is 11.2. The van der Waals surface area contributed by atoms with Crippen LogP contribution in [0.15, 0.2) is 274 Å². The van der Waals surface area contributed by atoms with Gasteiger partial charge in [-0.05, 0) is 135 Å². The number of allylic oxidation sites excluding steroid dienone is 4. The van der Waals surface area contributed by atoms with Crippen molar-refractivity contribution in [2.24, 2.45) is 0 Å². The summed E-state index contributed by atoms with van der Waals surface area (Å²) in [7, 11) is 0. The molecule has 1 N–H and O–H groups in total. The standard InChI is InChI=1S/C17H15ClO.C17H13ClO.C15H10ClN.C15H11ClO.C8H7N/c2*1-2-17(19)16(14-6-4-3-5-7-14)12-13-8-10-15(18)11-9-13;2*16-15-8-6-12(7-9-15)10-14(11-17)13-4-2-1-3-5-13;9-7-6-8-4-2-1-3-5-8/h2-12,17,19H,1H2;2-12H,1H2;1-10H;1-11H;1-5H,6H2/b2*16-12-;2*14-10+;. The van der Waals surface area contributed by atoms with E-state index < -0.39 is 6.10 Å². The average Bonchev–Trinajstić information content (AvgIpc) is 3.53. The minimum atomic E-state index is -0.696. The van der Waals surface area contributed by atoms with E-state index in [1.807, 2.05) is 249 Å². The number of benzene rings is 9. The van der Waals surface area contributed by atoms with Gasteiger partial charge in [0, 0.05) is 31.2 Å². The van der Waals surface area contributed by atoms with Crippen molar-refractivity contribution in [1.82, 2.24) is 0 Å². The number of aliphatic hydroxyl groups excluding tert-OH is 1. The van der Waals surface area contributed by atoms with E-state index in [0.717, 1.165) is 61.9 Å². The first-order valence-corrected chi connectivity index (χ1v) is 26.8. The number of hydrogen-bond acceptors (Lipinski definition) is 5. The van der Waals surface area contributed by atoms with Crippen molar-refractivity contribution in [2.45, 2.75) is 12.5 Å². The zero-order valence-electron chi connectivity index (χ0n) is 44.1. The number of halogens is 4. The van der Waals surface area contributed by atoms with Crippen LogP contribution in [0.3, 0.4) is 0 Å². The molecule has 9 rings (SSSR count). The smallest absolute Gasteiger partial charge is 0.185 e. The van der Waals surface area contributed by atoms with Crippen molar-refractivity contribution in [3.63, 3.8) is 0 Å². The zero-order valence-corrected chi connectivity index (χ0v) is 47.1. The van der Waals surface area contributed by atoms with Gasteiger partial charge in [-0.15, -0.1) is 6.58 Å². The van der Waals surface area contributed by atoms with Crippen molar-refractivity contribution in [3.05, 3.63) is 344 Å². The number of carbonyl (C=O) groups excluding carboxylic acids is 2. The molecule has 9 aromatic rings. The van der Waals surface area contributed by atoms with Crippen molar-refractivity contribution in [3.8, 4) is 12.1 Å². The molecule has 0 aliphatic rings. The second-order valence-electron chi connectivity index (χ2n) is 17.3. The summed E-state index contributed by atoms with van der Waals surface area (Å²) >= 11 is 23.3. The minimum Gasteiger partial charge on any atom is -0.384 e. The summed E-state index contributed by atoms with van der Waals surface area (Å²) in [5.74, 6) is -0.0962. The number of rotatable bonds is 14. The van der Waals surface area contributed by atoms with Gasteiger partial charge in [-0.2, -0.15) is 10.5 Å². The number of aliphatic hydroxyl groups is 1. The van der Waals surface area contributed by atoms with Gasteiger partial charge in [0.1, 0.15) is 0 Å². The summed E-state index contributed by atoms with van der Waals surface area (Å²) in [6, 6.07) is 82.1. The monoisotopic (exact) mass is 1140 g/mol. The van der Waals surface area contributed by atoms with Gasteiger partial charge < -0.3 is 5.11 Å². The molecule has 9 heteroatoms. The molecular weight excluding hydrogens is 1080 g/mol. The predicted octanol–water partition coefficient (Wildman–Crippen LogP) is 19.3.